The Bertz CT molecular complexity index is 375. The van der Waals surface area contributed by atoms with Gasteiger partial charge in [-0.05, 0) is 57.5 Å². The van der Waals surface area contributed by atoms with Crippen LogP contribution in [0.2, 0.25) is 0 Å². The normalized spacial score (nSPS) is 19.9. The number of nitrogens with zero attached hydrogens (tertiary/aromatic N) is 1. The molecular formula is C15H24N2O. The Morgan fingerprint density at radius 2 is 2.00 bits per heavy atom. The summed E-state index contributed by atoms with van der Waals surface area (Å²) < 4.78 is 0. The molecule has 18 heavy (non-hydrogen) atoms. The maximum Gasteiger partial charge on any atom is 0.115 e. The van der Waals surface area contributed by atoms with Crippen molar-refractivity contribution in [1.29, 1.82) is 0 Å². The highest BCUT2D eigenvalue weighted by molar-refractivity contribution is 5.29. The summed E-state index contributed by atoms with van der Waals surface area (Å²) in [5.74, 6) is 0.341. The van der Waals surface area contributed by atoms with Crippen molar-refractivity contribution in [1.82, 2.24) is 10.2 Å². The van der Waals surface area contributed by atoms with Crippen LogP contribution in [0.4, 0.5) is 0 Å². The first kappa shape index (κ1) is 13.4. The van der Waals surface area contributed by atoms with E-state index in [1.54, 1.807) is 6.07 Å². The second-order valence-electron chi connectivity index (χ2n) is 5.32. The van der Waals surface area contributed by atoms with Gasteiger partial charge in [-0.3, -0.25) is 4.90 Å². The minimum Gasteiger partial charge on any atom is -0.508 e. The van der Waals surface area contributed by atoms with Crippen LogP contribution in [0, 0.1) is 0 Å². The van der Waals surface area contributed by atoms with E-state index in [1.807, 2.05) is 12.1 Å². The van der Waals surface area contributed by atoms with Gasteiger partial charge in [-0.2, -0.15) is 0 Å². The lowest BCUT2D eigenvalue weighted by atomic mass is 10.1. The van der Waals surface area contributed by atoms with Crippen molar-refractivity contribution in [3.05, 3.63) is 29.8 Å². The Morgan fingerprint density at radius 1 is 1.28 bits per heavy atom. The topological polar surface area (TPSA) is 35.5 Å². The zero-order valence-electron chi connectivity index (χ0n) is 11.4. The van der Waals surface area contributed by atoms with Crippen LogP contribution in [-0.2, 0) is 0 Å². The fourth-order valence-corrected chi connectivity index (χ4v) is 2.57. The van der Waals surface area contributed by atoms with E-state index in [0.29, 0.717) is 11.8 Å². The number of likely N-dealkylation sites (tertiary alicyclic amines) is 1. The number of rotatable bonds is 5. The van der Waals surface area contributed by atoms with E-state index < -0.39 is 0 Å². The zero-order chi connectivity index (χ0) is 13.0. The zero-order valence-corrected chi connectivity index (χ0v) is 11.4. The minimum absolute atomic E-state index is 0.280. The molecule has 2 N–H and O–H groups in total. The van der Waals surface area contributed by atoms with Crippen LogP contribution in [0.3, 0.4) is 0 Å². The van der Waals surface area contributed by atoms with Gasteiger partial charge in [-0.1, -0.05) is 12.1 Å². The average Bonchev–Trinajstić information content (AvgIpc) is 2.89. The standard InChI is InChI=1S/C15H24N2O/c1-12(17-8-3-4-9-17)11-16-13(2)14-6-5-7-15(18)10-14/h5-7,10,12-13,16,18H,3-4,8-9,11H2,1-2H3. The molecule has 1 heterocycles. The summed E-state index contributed by atoms with van der Waals surface area (Å²) in [6.07, 6.45) is 2.68. The summed E-state index contributed by atoms with van der Waals surface area (Å²) in [7, 11) is 0. The molecule has 0 aromatic heterocycles. The Morgan fingerprint density at radius 3 is 2.67 bits per heavy atom. The molecule has 1 fully saturated rings. The highest BCUT2D eigenvalue weighted by atomic mass is 16.3. The first-order valence-corrected chi connectivity index (χ1v) is 6.93. The first-order chi connectivity index (χ1) is 8.66. The lowest BCUT2D eigenvalue weighted by molar-refractivity contribution is 0.247. The van der Waals surface area contributed by atoms with Gasteiger partial charge >= 0.3 is 0 Å². The number of benzene rings is 1. The van der Waals surface area contributed by atoms with Crippen molar-refractivity contribution < 1.29 is 5.11 Å². The lowest BCUT2D eigenvalue weighted by Crippen LogP contribution is -2.39. The van der Waals surface area contributed by atoms with Crippen molar-refractivity contribution in [2.24, 2.45) is 0 Å². The molecule has 2 atom stereocenters. The van der Waals surface area contributed by atoms with Crippen LogP contribution in [-0.4, -0.2) is 35.7 Å². The largest absolute Gasteiger partial charge is 0.508 e. The molecule has 100 valence electrons. The van der Waals surface area contributed by atoms with Crippen molar-refractivity contribution in [2.75, 3.05) is 19.6 Å². The predicted molar refractivity (Wildman–Crippen MR) is 74.8 cm³/mol. The smallest absolute Gasteiger partial charge is 0.115 e. The fraction of sp³-hybridized carbons (Fsp3) is 0.600. The van der Waals surface area contributed by atoms with Crippen molar-refractivity contribution in [2.45, 2.75) is 38.8 Å². The highest BCUT2D eigenvalue weighted by Gasteiger charge is 2.18. The van der Waals surface area contributed by atoms with Gasteiger partial charge in [0.2, 0.25) is 0 Å². The van der Waals surface area contributed by atoms with Crippen LogP contribution in [0.25, 0.3) is 0 Å². The van der Waals surface area contributed by atoms with Gasteiger partial charge in [0.05, 0.1) is 0 Å². The maximum atomic E-state index is 9.48. The van der Waals surface area contributed by atoms with E-state index >= 15 is 0 Å². The van der Waals surface area contributed by atoms with Crippen LogP contribution in [0.5, 0.6) is 5.75 Å². The molecule has 2 unspecified atom stereocenters. The van der Waals surface area contributed by atoms with Gasteiger partial charge in [-0.15, -0.1) is 0 Å². The van der Waals surface area contributed by atoms with Crippen LogP contribution in [0.15, 0.2) is 24.3 Å². The number of hydrogen-bond acceptors (Lipinski definition) is 3. The van der Waals surface area contributed by atoms with Crippen LogP contribution < -0.4 is 5.32 Å². The van der Waals surface area contributed by atoms with Crippen molar-refractivity contribution in [3.8, 4) is 5.75 Å². The Balaban J connectivity index is 1.82. The van der Waals surface area contributed by atoms with E-state index in [0.717, 1.165) is 12.1 Å². The Kier molecular flexibility index (Phi) is 4.61. The summed E-state index contributed by atoms with van der Waals surface area (Å²) in [4.78, 5) is 2.54. The number of nitrogens with one attached hydrogen (secondary N) is 1. The van der Waals surface area contributed by atoms with Crippen LogP contribution >= 0.6 is 0 Å². The third-order valence-electron chi connectivity index (χ3n) is 3.85. The number of aromatic hydroxyl groups is 1. The molecule has 0 amide bonds. The van der Waals surface area contributed by atoms with E-state index in [9.17, 15) is 5.11 Å². The lowest BCUT2D eigenvalue weighted by Gasteiger charge is -2.26. The highest BCUT2D eigenvalue weighted by Crippen LogP contribution is 2.18. The molecular weight excluding hydrogens is 224 g/mol. The predicted octanol–water partition coefficient (Wildman–Crippen LogP) is 2.53. The average molecular weight is 248 g/mol. The monoisotopic (exact) mass is 248 g/mol. The van der Waals surface area contributed by atoms with Crippen molar-refractivity contribution >= 4 is 0 Å². The molecule has 2 rings (SSSR count). The van der Waals surface area contributed by atoms with Gasteiger partial charge in [0.15, 0.2) is 0 Å². The van der Waals surface area contributed by atoms with Gasteiger partial charge in [0.1, 0.15) is 5.75 Å². The third kappa shape index (κ3) is 3.47. The molecule has 0 bridgehead atoms. The molecule has 1 aliphatic rings. The number of hydrogen-bond donors (Lipinski definition) is 2. The third-order valence-corrected chi connectivity index (χ3v) is 3.85. The van der Waals surface area contributed by atoms with Gasteiger partial charge in [0, 0.05) is 18.6 Å². The SMILES string of the molecule is CC(NCC(C)N1CCCC1)c1cccc(O)c1. The molecule has 3 nitrogen and oxygen atoms in total. The van der Waals surface area contributed by atoms with E-state index in [1.165, 1.54) is 25.9 Å². The summed E-state index contributed by atoms with van der Waals surface area (Å²) >= 11 is 0. The maximum absolute atomic E-state index is 9.48. The van der Waals surface area contributed by atoms with Crippen LogP contribution in [0.1, 0.15) is 38.3 Å². The Hall–Kier alpha value is -1.06. The van der Waals surface area contributed by atoms with Gasteiger partial charge < -0.3 is 10.4 Å². The molecule has 1 aliphatic heterocycles. The molecule has 0 saturated carbocycles. The minimum atomic E-state index is 0.280. The summed E-state index contributed by atoms with van der Waals surface area (Å²) in [5.41, 5.74) is 1.14. The van der Waals surface area contributed by atoms with Crippen molar-refractivity contribution in [3.63, 3.8) is 0 Å². The van der Waals surface area contributed by atoms with E-state index in [-0.39, 0.29) is 6.04 Å². The summed E-state index contributed by atoms with van der Waals surface area (Å²) in [6, 6.07) is 8.36. The summed E-state index contributed by atoms with van der Waals surface area (Å²) in [6.45, 7) is 7.91. The second kappa shape index (κ2) is 6.21. The molecule has 0 spiro atoms. The van der Waals surface area contributed by atoms with Gasteiger partial charge in [-0.25, -0.2) is 0 Å². The molecule has 0 aliphatic carbocycles. The molecule has 1 aromatic carbocycles. The number of phenols is 1. The molecule has 0 radical (unpaired) electrons. The van der Waals surface area contributed by atoms with E-state index in [2.05, 4.69) is 30.1 Å². The van der Waals surface area contributed by atoms with E-state index in [4.69, 9.17) is 0 Å². The molecule has 3 heteroatoms. The van der Waals surface area contributed by atoms with Gasteiger partial charge in [0.25, 0.3) is 0 Å². The second-order valence-corrected chi connectivity index (χ2v) is 5.32. The molecule has 1 saturated heterocycles. The Labute approximate surface area is 110 Å². The molecule has 1 aromatic rings. The quantitative estimate of drug-likeness (QED) is 0.840. The fourth-order valence-electron chi connectivity index (χ4n) is 2.57. The summed E-state index contributed by atoms with van der Waals surface area (Å²) in [5, 5.41) is 13.0. The number of phenolic OH excluding ortho intramolecular Hbond substituents is 1. The first-order valence-electron chi connectivity index (χ1n) is 6.93.